The molecule has 2 atom stereocenters. The van der Waals surface area contributed by atoms with Crippen molar-refractivity contribution < 1.29 is 4.79 Å². The number of rotatable bonds is 6. The van der Waals surface area contributed by atoms with Gasteiger partial charge in [0.2, 0.25) is 5.91 Å². The molecule has 0 radical (unpaired) electrons. The summed E-state index contributed by atoms with van der Waals surface area (Å²) < 4.78 is 4.02. The first kappa shape index (κ1) is 21.2. The Morgan fingerprint density at radius 1 is 1.06 bits per heavy atom. The van der Waals surface area contributed by atoms with Gasteiger partial charge in [0.05, 0.1) is 32.5 Å². The van der Waals surface area contributed by atoms with E-state index in [1.54, 1.807) is 11.3 Å². The number of carbonyl (C=O) groups excluding carboxylic acids is 1. The molecule has 0 spiro atoms. The molecular formula is C26H23N5OS2. The predicted molar refractivity (Wildman–Crippen MR) is 140 cm³/mol. The second-order valence-corrected chi connectivity index (χ2v) is 10.6. The number of imidazole rings is 1. The summed E-state index contributed by atoms with van der Waals surface area (Å²) >= 11 is 3.16. The van der Waals surface area contributed by atoms with Crippen LogP contribution in [0, 0.1) is 6.92 Å². The van der Waals surface area contributed by atoms with Crippen LogP contribution in [0.5, 0.6) is 0 Å². The van der Waals surface area contributed by atoms with Gasteiger partial charge in [0, 0.05) is 6.42 Å². The molecule has 1 saturated heterocycles. The van der Waals surface area contributed by atoms with E-state index >= 15 is 0 Å². The summed E-state index contributed by atoms with van der Waals surface area (Å²) in [5.41, 5.74) is 6.60. The normalized spacial score (nSPS) is 16.7. The van der Waals surface area contributed by atoms with E-state index in [4.69, 9.17) is 9.97 Å². The molecule has 1 aliphatic heterocycles. The van der Waals surface area contributed by atoms with Crippen LogP contribution >= 0.6 is 23.3 Å². The van der Waals surface area contributed by atoms with Crippen molar-refractivity contribution in [2.45, 2.75) is 31.1 Å². The third-order valence-corrected chi connectivity index (χ3v) is 8.15. The van der Waals surface area contributed by atoms with Crippen molar-refractivity contribution in [2.75, 3.05) is 5.32 Å². The quantitative estimate of drug-likeness (QED) is 0.254. The van der Waals surface area contributed by atoms with E-state index in [0.29, 0.717) is 6.42 Å². The van der Waals surface area contributed by atoms with E-state index < -0.39 is 0 Å². The molecule has 1 fully saturated rings. The maximum Gasteiger partial charge on any atom is 0.231 e. The van der Waals surface area contributed by atoms with Crippen molar-refractivity contribution in [1.29, 1.82) is 0 Å². The summed E-state index contributed by atoms with van der Waals surface area (Å²) in [5, 5.41) is 4.70. The molecule has 1 amide bonds. The third kappa shape index (κ3) is 4.15. The number of nitrogens with one attached hydrogen (secondary N) is 3. The lowest BCUT2D eigenvalue weighted by Crippen LogP contribution is -2.15. The number of aromatic amines is 1. The van der Waals surface area contributed by atoms with Gasteiger partial charge in [0.15, 0.2) is 5.13 Å². The summed E-state index contributed by atoms with van der Waals surface area (Å²) in [6.07, 6.45) is 1.29. The van der Waals surface area contributed by atoms with Crippen LogP contribution in [0.25, 0.3) is 21.3 Å². The minimum Gasteiger partial charge on any atom is -0.351 e. The van der Waals surface area contributed by atoms with Crippen molar-refractivity contribution >= 4 is 55.6 Å². The van der Waals surface area contributed by atoms with Crippen molar-refractivity contribution in [1.82, 2.24) is 19.7 Å². The molecule has 0 aliphatic carbocycles. The molecule has 5 aromatic rings. The lowest BCUT2D eigenvalue weighted by Gasteiger charge is -2.18. The molecule has 1 unspecified atom stereocenters. The van der Waals surface area contributed by atoms with Crippen LogP contribution in [0.3, 0.4) is 0 Å². The van der Waals surface area contributed by atoms with Crippen LogP contribution in [0.4, 0.5) is 5.13 Å². The van der Waals surface area contributed by atoms with Crippen LogP contribution < -0.4 is 10.0 Å². The van der Waals surface area contributed by atoms with Crippen molar-refractivity contribution in [3.05, 3.63) is 89.2 Å². The summed E-state index contributed by atoms with van der Waals surface area (Å²) in [6, 6.07) is 22.8. The number of hydrogen-bond acceptors (Lipinski definition) is 6. The maximum atomic E-state index is 11.7. The van der Waals surface area contributed by atoms with Gasteiger partial charge in [-0.1, -0.05) is 53.8 Å². The largest absolute Gasteiger partial charge is 0.351 e. The van der Waals surface area contributed by atoms with Crippen LogP contribution in [0.15, 0.2) is 66.7 Å². The van der Waals surface area contributed by atoms with Gasteiger partial charge < -0.3 is 10.3 Å². The second kappa shape index (κ2) is 8.77. The summed E-state index contributed by atoms with van der Waals surface area (Å²) in [6.45, 7) is 2.12. The SMILES string of the molecule is Cc1cc(C[C@H](Nc2nc3ccccc3s2)c2nc3ccccc3[nH]2)ccc1C1CC(=O)NS1. The Morgan fingerprint density at radius 2 is 1.88 bits per heavy atom. The number of fused-ring (bicyclic) bond motifs is 2. The highest BCUT2D eigenvalue weighted by Gasteiger charge is 2.26. The number of nitrogens with zero attached hydrogens (tertiary/aromatic N) is 2. The zero-order valence-electron chi connectivity index (χ0n) is 18.5. The summed E-state index contributed by atoms with van der Waals surface area (Å²) in [7, 11) is 0. The molecule has 170 valence electrons. The topological polar surface area (TPSA) is 82.7 Å². The molecule has 8 heteroatoms. The van der Waals surface area contributed by atoms with Crippen LogP contribution in [0.2, 0.25) is 0 Å². The van der Waals surface area contributed by atoms with Gasteiger partial charge in [-0.05, 0) is 66.2 Å². The molecule has 0 saturated carbocycles. The van der Waals surface area contributed by atoms with Crippen molar-refractivity contribution in [3.8, 4) is 0 Å². The van der Waals surface area contributed by atoms with Gasteiger partial charge in [0.1, 0.15) is 5.82 Å². The van der Waals surface area contributed by atoms with Gasteiger partial charge in [-0.2, -0.15) is 0 Å². The number of thiazole rings is 1. The zero-order chi connectivity index (χ0) is 23.1. The Bertz CT molecular complexity index is 1440. The maximum absolute atomic E-state index is 11.7. The average Bonchev–Trinajstić information content (AvgIpc) is 3.56. The second-order valence-electron chi connectivity index (χ2n) is 8.55. The first-order valence-corrected chi connectivity index (χ1v) is 12.9. The first-order chi connectivity index (χ1) is 16.6. The standard InChI is InChI=1S/C26H23N5OS2/c1-15-12-16(10-11-17(15)23-14-24(32)31-34-23)13-21(25-27-18-6-2-3-7-19(18)28-25)30-26-29-20-8-4-5-9-22(20)33-26/h2-12,21,23H,13-14H2,1H3,(H,27,28)(H,29,30)(H,31,32)/t21-,23?/m0/s1. The monoisotopic (exact) mass is 485 g/mol. The third-order valence-electron chi connectivity index (χ3n) is 6.14. The van der Waals surface area contributed by atoms with E-state index in [1.165, 1.54) is 28.6 Å². The number of para-hydroxylation sites is 3. The van der Waals surface area contributed by atoms with E-state index in [1.807, 2.05) is 42.5 Å². The van der Waals surface area contributed by atoms with Gasteiger partial charge in [0.25, 0.3) is 0 Å². The Kier molecular flexibility index (Phi) is 5.47. The van der Waals surface area contributed by atoms with Crippen molar-refractivity contribution in [3.63, 3.8) is 0 Å². The molecule has 3 aromatic carbocycles. The van der Waals surface area contributed by atoms with Gasteiger partial charge in [-0.25, -0.2) is 9.97 Å². The van der Waals surface area contributed by atoms with Gasteiger partial charge >= 0.3 is 0 Å². The Balaban J connectivity index is 1.32. The summed E-state index contributed by atoms with van der Waals surface area (Å²) in [5.74, 6) is 0.992. The number of aromatic nitrogens is 3. The lowest BCUT2D eigenvalue weighted by atomic mass is 9.97. The molecule has 3 N–H and O–H groups in total. The molecule has 1 aliphatic rings. The van der Waals surface area contributed by atoms with Gasteiger partial charge in [-0.15, -0.1) is 0 Å². The first-order valence-electron chi connectivity index (χ1n) is 11.2. The highest BCUT2D eigenvalue weighted by Crippen LogP contribution is 2.37. The Hall–Kier alpha value is -3.36. The zero-order valence-corrected chi connectivity index (χ0v) is 20.2. The molecule has 2 aromatic heterocycles. The van der Waals surface area contributed by atoms with E-state index in [-0.39, 0.29) is 17.2 Å². The van der Waals surface area contributed by atoms with E-state index in [2.05, 4.69) is 46.2 Å². The smallest absolute Gasteiger partial charge is 0.231 e. The fourth-order valence-corrected chi connectivity index (χ4v) is 6.36. The Labute approximate surface area is 205 Å². The highest BCUT2D eigenvalue weighted by atomic mass is 32.2. The van der Waals surface area contributed by atoms with Crippen LogP contribution in [-0.2, 0) is 11.2 Å². The van der Waals surface area contributed by atoms with Crippen LogP contribution in [0.1, 0.15) is 40.2 Å². The van der Waals surface area contributed by atoms with E-state index in [9.17, 15) is 4.79 Å². The van der Waals surface area contributed by atoms with Crippen LogP contribution in [-0.4, -0.2) is 20.9 Å². The highest BCUT2D eigenvalue weighted by molar-refractivity contribution is 7.98. The number of amides is 1. The number of carbonyl (C=O) groups is 1. The fraction of sp³-hybridized carbons (Fsp3) is 0.192. The molecular weight excluding hydrogens is 462 g/mol. The molecule has 0 bridgehead atoms. The minimum absolute atomic E-state index is 0.0673. The van der Waals surface area contributed by atoms with Crippen molar-refractivity contribution in [2.24, 2.45) is 0 Å². The van der Waals surface area contributed by atoms with Gasteiger partial charge in [-0.3, -0.25) is 9.52 Å². The van der Waals surface area contributed by atoms with E-state index in [0.717, 1.165) is 38.6 Å². The number of H-pyrrole nitrogens is 1. The fourth-order valence-electron chi connectivity index (χ4n) is 4.46. The Morgan fingerprint density at radius 3 is 2.65 bits per heavy atom. The summed E-state index contributed by atoms with van der Waals surface area (Å²) in [4.78, 5) is 24.8. The molecule has 34 heavy (non-hydrogen) atoms. The number of anilines is 1. The molecule has 3 heterocycles. The number of aryl methyl sites for hydroxylation is 1. The molecule has 6 rings (SSSR count). The lowest BCUT2D eigenvalue weighted by molar-refractivity contribution is -0.118. The molecule has 6 nitrogen and oxygen atoms in total. The minimum atomic E-state index is -0.0673. The average molecular weight is 486 g/mol. The predicted octanol–water partition coefficient (Wildman–Crippen LogP) is 6.09. The number of benzene rings is 3. The number of hydrogen-bond donors (Lipinski definition) is 3.